The molecule has 1 atom stereocenters. The normalized spacial score (nSPS) is 15.5. The summed E-state index contributed by atoms with van der Waals surface area (Å²) in [6.45, 7) is 6.64. The molecule has 2 aromatic carbocycles. The standard InChI is InChI=1S/C24H33FN4O3.HI/c1-3-26-24(27-15-18-4-9-22(25)20(14-18)17-30)28-16-23(29-10-12-32-13-11-29)19-5-7-21(31-2)8-6-19;/h4-9,14,23,30H,3,10-13,15-17H2,1-2H3,(H2,26,27,28);1H. The van der Waals surface area contributed by atoms with Gasteiger partial charge in [0.15, 0.2) is 5.96 Å². The molecule has 0 saturated carbocycles. The summed E-state index contributed by atoms with van der Waals surface area (Å²) in [5.74, 6) is 1.12. The number of guanidine groups is 1. The molecule has 0 spiro atoms. The van der Waals surface area contributed by atoms with Crippen LogP contribution in [-0.4, -0.2) is 62.5 Å². The maximum Gasteiger partial charge on any atom is 0.191 e. The third kappa shape index (κ3) is 8.09. The Morgan fingerprint density at radius 1 is 1.18 bits per heavy atom. The third-order valence-corrected chi connectivity index (χ3v) is 5.49. The maximum atomic E-state index is 13.6. The number of hydrogen-bond acceptors (Lipinski definition) is 5. The summed E-state index contributed by atoms with van der Waals surface area (Å²) in [4.78, 5) is 7.07. The van der Waals surface area contributed by atoms with Gasteiger partial charge in [-0.15, -0.1) is 24.0 Å². The SMILES string of the molecule is CCNC(=NCc1ccc(F)c(CO)c1)NCC(c1ccc(OC)cc1)N1CCOCC1.I. The van der Waals surface area contributed by atoms with E-state index in [2.05, 4.69) is 32.7 Å². The highest BCUT2D eigenvalue weighted by molar-refractivity contribution is 14.0. The zero-order valence-corrected chi connectivity index (χ0v) is 21.6. The minimum atomic E-state index is -0.405. The molecule has 3 N–H and O–H groups in total. The lowest BCUT2D eigenvalue weighted by Crippen LogP contribution is -2.46. The van der Waals surface area contributed by atoms with E-state index in [0.29, 0.717) is 19.0 Å². The second kappa shape index (κ2) is 14.3. The summed E-state index contributed by atoms with van der Waals surface area (Å²) < 4.78 is 24.5. The molecule has 7 nitrogen and oxygen atoms in total. The van der Waals surface area contributed by atoms with Crippen LogP contribution >= 0.6 is 24.0 Å². The molecule has 1 fully saturated rings. The van der Waals surface area contributed by atoms with E-state index in [-0.39, 0.29) is 42.2 Å². The van der Waals surface area contributed by atoms with Gasteiger partial charge >= 0.3 is 0 Å². The van der Waals surface area contributed by atoms with Crippen molar-refractivity contribution in [3.63, 3.8) is 0 Å². The highest BCUT2D eigenvalue weighted by atomic mass is 127. The van der Waals surface area contributed by atoms with Crippen LogP contribution in [-0.2, 0) is 17.9 Å². The molecule has 9 heteroatoms. The lowest BCUT2D eigenvalue weighted by molar-refractivity contribution is 0.0170. The molecule has 0 radical (unpaired) electrons. The zero-order chi connectivity index (χ0) is 22.8. The Bertz CT molecular complexity index is 877. The van der Waals surface area contributed by atoms with Gasteiger partial charge in [0.05, 0.1) is 39.5 Å². The van der Waals surface area contributed by atoms with E-state index in [9.17, 15) is 9.50 Å². The fourth-order valence-corrected chi connectivity index (χ4v) is 3.73. The first-order chi connectivity index (χ1) is 15.6. The van der Waals surface area contributed by atoms with Gasteiger partial charge in [0.1, 0.15) is 11.6 Å². The van der Waals surface area contributed by atoms with E-state index in [4.69, 9.17) is 9.47 Å². The minimum Gasteiger partial charge on any atom is -0.497 e. The Balaban J connectivity index is 0.00000385. The summed E-state index contributed by atoms with van der Waals surface area (Å²) in [7, 11) is 1.67. The number of halogens is 2. The predicted octanol–water partition coefficient (Wildman–Crippen LogP) is 3.07. The van der Waals surface area contributed by atoms with E-state index >= 15 is 0 Å². The first-order valence-electron chi connectivity index (χ1n) is 11.0. The lowest BCUT2D eigenvalue weighted by atomic mass is 10.0. The maximum absolute atomic E-state index is 13.6. The molecule has 3 rings (SSSR count). The van der Waals surface area contributed by atoms with E-state index in [1.165, 1.54) is 11.6 Å². The van der Waals surface area contributed by atoms with Gasteiger partial charge in [0, 0.05) is 31.7 Å². The van der Waals surface area contributed by atoms with Gasteiger partial charge in [0.2, 0.25) is 0 Å². The monoisotopic (exact) mass is 572 g/mol. The number of hydrogen-bond donors (Lipinski definition) is 3. The molecule has 1 unspecified atom stereocenters. The van der Waals surface area contributed by atoms with Crippen molar-refractivity contribution in [1.29, 1.82) is 0 Å². The van der Waals surface area contributed by atoms with E-state index < -0.39 is 5.82 Å². The summed E-state index contributed by atoms with van der Waals surface area (Å²) in [5, 5.41) is 16.0. The number of nitrogens with zero attached hydrogens (tertiary/aromatic N) is 2. The van der Waals surface area contributed by atoms with Gasteiger partial charge in [-0.05, 0) is 42.3 Å². The fourth-order valence-electron chi connectivity index (χ4n) is 3.73. The van der Waals surface area contributed by atoms with Crippen molar-refractivity contribution in [2.45, 2.75) is 26.1 Å². The number of benzene rings is 2. The topological polar surface area (TPSA) is 78.4 Å². The second-order valence-corrected chi connectivity index (χ2v) is 7.60. The molecule has 0 aromatic heterocycles. The van der Waals surface area contributed by atoms with E-state index in [1.54, 1.807) is 19.2 Å². The van der Waals surface area contributed by atoms with Gasteiger partial charge in [-0.2, -0.15) is 0 Å². The quantitative estimate of drug-likeness (QED) is 0.244. The van der Waals surface area contributed by atoms with Crippen LogP contribution in [0.2, 0.25) is 0 Å². The van der Waals surface area contributed by atoms with Crippen LogP contribution < -0.4 is 15.4 Å². The van der Waals surface area contributed by atoms with Gasteiger partial charge < -0.3 is 25.2 Å². The Morgan fingerprint density at radius 2 is 1.91 bits per heavy atom. The molecule has 2 aromatic rings. The molecule has 1 heterocycles. The average molecular weight is 572 g/mol. The number of aliphatic hydroxyl groups is 1. The van der Waals surface area contributed by atoms with Crippen LogP contribution in [0.25, 0.3) is 0 Å². The van der Waals surface area contributed by atoms with Crippen molar-refractivity contribution in [1.82, 2.24) is 15.5 Å². The first kappa shape index (κ1) is 27.3. The molecule has 182 valence electrons. The molecular formula is C24H34FIN4O3. The highest BCUT2D eigenvalue weighted by Crippen LogP contribution is 2.23. The second-order valence-electron chi connectivity index (χ2n) is 7.60. The van der Waals surface area contributed by atoms with Gasteiger partial charge in [-0.25, -0.2) is 9.38 Å². The summed E-state index contributed by atoms with van der Waals surface area (Å²) >= 11 is 0. The Hall–Kier alpha value is -1.95. The van der Waals surface area contributed by atoms with Crippen molar-refractivity contribution in [2.75, 3.05) is 46.5 Å². The van der Waals surface area contributed by atoms with Crippen LogP contribution in [0, 0.1) is 5.82 Å². The minimum absolute atomic E-state index is 0. The van der Waals surface area contributed by atoms with Crippen LogP contribution in [0.4, 0.5) is 4.39 Å². The molecule has 1 aliphatic rings. The number of nitrogens with one attached hydrogen (secondary N) is 2. The number of aliphatic hydroxyl groups excluding tert-OH is 1. The van der Waals surface area contributed by atoms with Crippen LogP contribution in [0.5, 0.6) is 5.75 Å². The summed E-state index contributed by atoms with van der Waals surface area (Å²) in [6, 6.07) is 13.0. The Labute approximate surface area is 212 Å². The molecule has 0 amide bonds. The highest BCUT2D eigenvalue weighted by Gasteiger charge is 2.23. The third-order valence-electron chi connectivity index (χ3n) is 5.49. The fraction of sp³-hybridized carbons (Fsp3) is 0.458. The predicted molar refractivity (Wildman–Crippen MR) is 139 cm³/mol. The van der Waals surface area contributed by atoms with Gasteiger partial charge in [-0.1, -0.05) is 18.2 Å². The van der Waals surface area contributed by atoms with Crippen LogP contribution in [0.15, 0.2) is 47.5 Å². The smallest absolute Gasteiger partial charge is 0.191 e. The van der Waals surface area contributed by atoms with Crippen molar-refractivity contribution in [3.05, 3.63) is 65.0 Å². The molecule has 0 bridgehead atoms. The summed E-state index contributed by atoms with van der Waals surface area (Å²) in [6.07, 6.45) is 0. The first-order valence-corrected chi connectivity index (χ1v) is 11.0. The zero-order valence-electron chi connectivity index (χ0n) is 19.2. The molecule has 1 saturated heterocycles. The van der Waals surface area contributed by atoms with Crippen molar-refractivity contribution >= 4 is 29.9 Å². The average Bonchev–Trinajstić information content (AvgIpc) is 2.84. The van der Waals surface area contributed by atoms with E-state index in [0.717, 1.165) is 44.2 Å². The summed E-state index contributed by atoms with van der Waals surface area (Å²) in [5.41, 5.74) is 2.32. The molecule has 33 heavy (non-hydrogen) atoms. The van der Waals surface area contributed by atoms with Crippen molar-refractivity contribution < 1.29 is 19.0 Å². The largest absolute Gasteiger partial charge is 0.497 e. The number of morpholine rings is 1. The lowest BCUT2D eigenvalue weighted by Gasteiger charge is -2.35. The van der Waals surface area contributed by atoms with Crippen LogP contribution in [0.3, 0.4) is 0 Å². The number of aliphatic imine (C=N–C) groups is 1. The van der Waals surface area contributed by atoms with Crippen LogP contribution in [0.1, 0.15) is 29.7 Å². The molecule has 1 aliphatic heterocycles. The van der Waals surface area contributed by atoms with Gasteiger partial charge in [0.25, 0.3) is 0 Å². The number of ether oxygens (including phenoxy) is 2. The molecule has 0 aliphatic carbocycles. The number of methoxy groups -OCH3 is 1. The van der Waals surface area contributed by atoms with E-state index in [1.807, 2.05) is 19.1 Å². The van der Waals surface area contributed by atoms with Gasteiger partial charge in [-0.3, -0.25) is 4.90 Å². The Morgan fingerprint density at radius 3 is 2.55 bits per heavy atom. The van der Waals surface area contributed by atoms with Crippen molar-refractivity contribution in [2.24, 2.45) is 4.99 Å². The van der Waals surface area contributed by atoms with Crippen molar-refractivity contribution in [3.8, 4) is 5.75 Å². The molecular weight excluding hydrogens is 538 g/mol. The Kier molecular flexibility index (Phi) is 11.9. The number of rotatable bonds is 9.